The second-order valence-corrected chi connectivity index (χ2v) is 7.14. The van der Waals surface area contributed by atoms with Gasteiger partial charge in [-0.2, -0.15) is 0 Å². The fourth-order valence-electron chi connectivity index (χ4n) is 3.32. The van der Waals surface area contributed by atoms with Crippen molar-refractivity contribution in [1.82, 2.24) is 4.90 Å². The normalized spacial score (nSPS) is 13.9. The Labute approximate surface area is 175 Å². The number of ether oxygens (including phenoxy) is 3. The second kappa shape index (κ2) is 9.43. The highest BCUT2D eigenvalue weighted by atomic mass is 16.6. The van der Waals surface area contributed by atoms with Crippen LogP contribution < -0.4 is 9.47 Å². The molecule has 7 heteroatoms. The van der Waals surface area contributed by atoms with Crippen LogP contribution in [0.3, 0.4) is 0 Å². The van der Waals surface area contributed by atoms with E-state index >= 15 is 0 Å². The minimum absolute atomic E-state index is 0.00155. The summed E-state index contributed by atoms with van der Waals surface area (Å²) < 4.78 is 16.3. The van der Waals surface area contributed by atoms with Gasteiger partial charge in [-0.15, -0.1) is 0 Å². The molecule has 7 nitrogen and oxygen atoms in total. The maximum atomic E-state index is 12.7. The van der Waals surface area contributed by atoms with E-state index in [0.29, 0.717) is 23.5 Å². The summed E-state index contributed by atoms with van der Waals surface area (Å²) in [7, 11) is 0. The molecular formula is C23H25NO6. The van der Waals surface area contributed by atoms with Crippen LogP contribution in [0.25, 0.3) is 0 Å². The van der Waals surface area contributed by atoms with Crippen LogP contribution in [0.15, 0.2) is 48.5 Å². The Kier molecular flexibility index (Phi) is 6.72. The molecule has 2 aromatic carbocycles. The molecule has 3 rings (SSSR count). The molecule has 1 heterocycles. The van der Waals surface area contributed by atoms with Crippen LogP contribution in [-0.2, 0) is 9.53 Å². The van der Waals surface area contributed by atoms with Crippen LogP contribution in [0.4, 0.5) is 0 Å². The Morgan fingerprint density at radius 1 is 0.867 bits per heavy atom. The third-order valence-corrected chi connectivity index (χ3v) is 4.71. The predicted octanol–water partition coefficient (Wildman–Crippen LogP) is 3.33. The van der Waals surface area contributed by atoms with Crippen molar-refractivity contribution in [2.24, 2.45) is 5.92 Å². The number of nitrogens with zero attached hydrogens (tertiary/aromatic N) is 1. The van der Waals surface area contributed by atoms with Gasteiger partial charge in [0, 0.05) is 0 Å². The fourth-order valence-corrected chi connectivity index (χ4v) is 3.32. The molecule has 0 aromatic heterocycles. The molecule has 0 radical (unpaired) electrons. The van der Waals surface area contributed by atoms with Crippen LogP contribution in [0.1, 0.15) is 41.5 Å². The molecule has 2 aromatic rings. The number of hydrogen-bond donors (Lipinski definition) is 0. The van der Waals surface area contributed by atoms with Crippen molar-refractivity contribution in [2.75, 3.05) is 19.8 Å². The van der Waals surface area contributed by atoms with Crippen LogP contribution >= 0.6 is 0 Å². The number of hydrogen-bond acceptors (Lipinski definition) is 6. The van der Waals surface area contributed by atoms with Crippen molar-refractivity contribution < 1.29 is 28.6 Å². The lowest BCUT2D eigenvalue weighted by atomic mass is 10.0. The molecular weight excluding hydrogens is 386 g/mol. The second-order valence-electron chi connectivity index (χ2n) is 7.14. The zero-order valence-corrected chi connectivity index (χ0v) is 17.3. The molecule has 158 valence electrons. The van der Waals surface area contributed by atoms with Gasteiger partial charge < -0.3 is 14.2 Å². The number of carbonyl (C=O) groups is 3. The molecule has 0 N–H and O–H groups in total. The molecule has 1 aliphatic rings. The van der Waals surface area contributed by atoms with Crippen LogP contribution in [0.5, 0.6) is 11.5 Å². The van der Waals surface area contributed by atoms with Crippen molar-refractivity contribution >= 4 is 17.8 Å². The number of carbonyl (C=O) groups excluding carboxylic acids is 3. The highest BCUT2D eigenvalue weighted by molar-refractivity contribution is 6.22. The number of benzene rings is 2. The maximum Gasteiger partial charge on any atom is 0.329 e. The minimum atomic E-state index is -0.997. The van der Waals surface area contributed by atoms with E-state index in [1.807, 2.05) is 6.92 Å². The van der Waals surface area contributed by atoms with Crippen molar-refractivity contribution in [2.45, 2.75) is 26.8 Å². The number of amides is 2. The van der Waals surface area contributed by atoms with Gasteiger partial charge >= 0.3 is 5.97 Å². The lowest BCUT2D eigenvalue weighted by Gasteiger charge is -2.27. The molecule has 1 aliphatic heterocycles. The molecule has 1 atom stereocenters. The number of fused-ring (bicyclic) bond motifs is 1. The third kappa shape index (κ3) is 4.45. The van der Waals surface area contributed by atoms with Gasteiger partial charge in [0.1, 0.15) is 30.8 Å². The molecule has 0 unspecified atom stereocenters. The maximum absolute atomic E-state index is 12.7. The summed E-state index contributed by atoms with van der Waals surface area (Å²) in [5.41, 5.74) is 0.611. The van der Waals surface area contributed by atoms with Crippen LogP contribution in [0, 0.1) is 5.92 Å². The lowest BCUT2D eigenvalue weighted by Crippen LogP contribution is -2.48. The van der Waals surface area contributed by atoms with Crippen LogP contribution in [0.2, 0.25) is 0 Å². The lowest BCUT2D eigenvalue weighted by molar-refractivity contribution is -0.150. The summed E-state index contributed by atoms with van der Waals surface area (Å²) in [6, 6.07) is 12.7. The van der Waals surface area contributed by atoms with Gasteiger partial charge in [0.2, 0.25) is 0 Å². The Balaban J connectivity index is 1.58. The van der Waals surface area contributed by atoms with E-state index in [0.717, 1.165) is 10.6 Å². The highest BCUT2D eigenvalue weighted by Gasteiger charge is 2.44. The first-order valence-electron chi connectivity index (χ1n) is 9.93. The SMILES string of the molecule is CCOc1ccc(OCCOC(=O)[C@@H](C(C)C)N2C(=O)c3ccccc3C2=O)cc1. The minimum Gasteiger partial charge on any atom is -0.494 e. The first kappa shape index (κ1) is 21.4. The Bertz CT molecular complexity index is 887. The first-order valence-corrected chi connectivity index (χ1v) is 9.93. The van der Waals surface area contributed by atoms with E-state index in [2.05, 4.69) is 0 Å². The van der Waals surface area contributed by atoms with E-state index in [4.69, 9.17) is 14.2 Å². The molecule has 0 aliphatic carbocycles. The van der Waals surface area contributed by atoms with Crippen molar-refractivity contribution in [3.63, 3.8) is 0 Å². The number of rotatable bonds is 9. The van der Waals surface area contributed by atoms with E-state index < -0.39 is 23.8 Å². The third-order valence-electron chi connectivity index (χ3n) is 4.71. The van der Waals surface area contributed by atoms with E-state index in [9.17, 15) is 14.4 Å². The van der Waals surface area contributed by atoms with Gasteiger partial charge in [0.05, 0.1) is 17.7 Å². The van der Waals surface area contributed by atoms with Gasteiger partial charge in [-0.05, 0) is 49.2 Å². The summed E-state index contributed by atoms with van der Waals surface area (Å²) >= 11 is 0. The highest BCUT2D eigenvalue weighted by Crippen LogP contribution is 2.27. The molecule has 30 heavy (non-hydrogen) atoms. The molecule has 0 saturated heterocycles. The standard InChI is InChI=1S/C23H25NO6/c1-4-28-16-9-11-17(12-10-16)29-13-14-30-23(27)20(15(2)3)24-21(25)18-7-5-6-8-19(18)22(24)26/h5-12,15,20H,4,13-14H2,1-3H3/t20-/m1/s1. The van der Waals surface area contributed by atoms with Gasteiger partial charge in [0.15, 0.2) is 0 Å². The number of imide groups is 1. The number of esters is 1. The predicted molar refractivity (Wildman–Crippen MR) is 110 cm³/mol. The monoisotopic (exact) mass is 411 g/mol. The average Bonchev–Trinajstić information content (AvgIpc) is 2.98. The van der Waals surface area contributed by atoms with Crippen LogP contribution in [-0.4, -0.2) is 48.5 Å². The summed E-state index contributed by atoms with van der Waals surface area (Å²) in [5.74, 6) is -0.512. The van der Waals surface area contributed by atoms with Crippen molar-refractivity contribution in [3.05, 3.63) is 59.7 Å². The van der Waals surface area contributed by atoms with Gasteiger partial charge in [-0.1, -0.05) is 26.0 Å². The Morgan fingerprint density at radius 3 is 1.90 bits per heavy atom. The summed E-state index contributed by atoms with van der Waals surface area (Å²) in [6.45, 7) is 6.17. The smallest absolute Gasteiger partial charge is 0.329 e. The van der Waals surface area contributed by atoms with E-state index in [-0.39, 0.29) is 19.1 Å². The first-order chi connectivity index (χ1) is 14.4. The van der Waals surface area contributed by atoms with Crippen molar-refractivity contribution in [3.8, 4) is 11.5 Å². The van der Waals surface area contributed by atoms with Gasteiger partial charge in [0.25, 0.3) is 11.8 Å². The molecule has 0 spiro atoms. The topological polar surface area (TPSA) is 82.1 Å². The van der Waals surface area contributed by atoms with Gasteiger partial charge in [-0.3, -0.25) is 14.5 Å². The average molecular weight is 411 g/mol. The summed E-state index contributed by atoms with van der Waals surface area (Å²) in [4.78, 5) is 39.1. The molecule has 0 saturated carbocycles. The largest absolute Gasteiger partial charge is 0.494 e. The zero-order valence-electron chi connectivity index (χ0n) is 17.3. The fraction of sp³-hybridized carbons (Fsp3) is 0.348. The molecule has 0 fully saturated rings. The van der Waals surface area contributed by atoms with Crippen molar-refractivity contribution in [1.29, 1.82) is 0 Å². The van der Waals surface area contributed by atoms with E-state index in [1.165, 1.54) is 0 Å². The summed E-state index contributed by atoms with van der Waals surface area (Å²) in [5, 5.41) is 0. The molecule has 0 bridgehead atoms. The quantitative estimate of drug-likeness (QED) is 0.358. The zero-order chi connectivity index (χ0) is 21.7. The van der Waals surface area contributed by atoms with E-state index in [1.54, 1.807) is 62.4 Å². The summed E-state index contributed by atoms with van der Waals surface area (Å²) in [6.07, 6.45) is 0. The molecule has 2 amide bonds. The Hall–Kier alpha value is -3.35. The van der Waals surface area contributed by atoms with Gasteiger partial charge in [-0.25, -0.2) is 4.79 Å². The Morgan fingerprint density at radius 2 is 1.40 bits per heavy atom.